The molecule has 5 heteroatoms. The zero-order valence-electron chi connectivity index (χ0n) is 8.91. The number of hydrogen-bond donors (Lipinski definition) is 1. The lowest BCUT2D eigenvalue weighted by Crippen LogP contribution is -2.39. The van der Waals surface area contributed by atoms with Crippen LogP contribution in [0.3, 0.4) is 0 Å². The molecule has 4 nitrogen and oxygen atoms in total. The van der Waals surface area contributed by atoms with Gasteiger partial charge in [0.2, 0.25) is 0 Å². The topological polar surface area (TPSA) is 59.3 Å². The maximum absolute atomic E-state index is 11.5. The van der Waals surface area contributed by atoms with Gasteiger partial charge < -0.3 is 9.73 Å². The first-order valence-electron chi connectivity index (χ1n) is 4.99. The van der Waals surface area contributed by atoms with Crippen LogP contribution in [-0.2, 0) is 9.84 Å². The summed E-state index contributed by atoms with van der Waals surface area (Å²) in [5, 5.41) is 3.21. The fourth-order valence-electron chi connectivity index (χ4n) is 1.98. The Kier molecular flexibility index (Phi) is 2.60. The van der Waals surface area contributed by atoms with E-state index in [2.05, 4.69) is 5.32 Å². The molecule has 0 unspecified atom stereocenters. The highest BCUT2D eigenvalue weighted by molar-refractivity contribution is 7.91. The highest BCUT2D eigenvalue weighted by atomic mass is 32.2. The first-order valence-corrected chi connectivity index (χ1v) is 6.81. The fraction of sp³-hybridized carbons (Fsp3) is 0.600. The van der Waals surface area contributed by atoms with E-state index in [0.29, 0.717) is 6.54 Å². The molecule has 1 N–H and O–H groups in total. The second-order valence-corrected chi connectivity index (χ2v) is 6.22. The van der Waals surface area contributed by atoms with Crippen molar-refractivity contribution in [2.45, 2.75) is 19.9 Å². The van der Waals surface area contributed by atoms with Crippen molar-refractivity contribution in [3.8, 4) is 0 Å². The maximum atomic E-state index is 11.5. The number of sulfone groups is 1. The molecular formula is C10H15NO3S. The van der Waals surface area contributed by atoms with Gasteiger partial charge in [0.15, 0.2) is 9.84 Å². The summed E-state index contributed by atoms with van der Waals surface area (Å²) in [6, 6.07) is 1.80. The first kappa shape index (κ1) is 10.7. The van der Waals surface area contributed by atoms with Crippen molar-refractivity contribution in [1.29, 1.82) is 0 Å². The SMILES string of the molecule is Cc1cc([C@@H]2CS(=O)(=O)CCN2)c(C)o1. The van der Waals surface area contributed by atoms with Crippen molar-refractivity contribution in [2.75, 3.05) is 18.1 Å². The summed E-state index contributed by atoms with van der Waals surface area (Å²) in [7, 11) is -2.89. The Morgan fingerprint density at radius 3 is 2.73 bits per heavy atom. The van der Waals surface area contributed by atoms with E-state index >= 15 is 0 Å². The van der Waals surface area contributed by atoms with Gasteiger partial charge in [-0.1, -0.05) is 0 Å². The molecule has 1 aromatic heterocycles. The van der Waals surface area contributed by atoms with E-state index in [4.69, 9.17) is 4.42 Å². The van der Waals surface area contributed by atoms with Crippen LogP contribution in [0.5, 0.6) is 0 Å². The summed E-state index contributed by atoms with van der Waals surface area (Å²) in [6.45, 7) is 4.26. The average molecular weight is 229 g/mol. The lowest BCUT2D eigenvalue weighted by atomic mass is 10.1. The Bertz CT molecular complexity index is 461. The third kappa shape index (κ3) is 2.23. The van der Waals surface area contributed by atoms with E-state index in [1.165, 1.54) is 0 Å². The van der Waals surface area contributed by atoms with Crippen LogP contribution in [0.2, 0.25) is 0 Å². The molecule has 1 aliphatic rings. The molecule has 0 radical (unpaired) electrons. The molecule has 1 saturated heterocycles. The molecule has 0 amide bonds. The Morgan fingerprint density at radius 1 is 1.47 bits per heavy atom. The molecule has 0 aliphatic carbocycles. The van der Waals surface area contributed by atoms with E-state index in [1.807, 2.05) is 19.9 Å². The van der Waals surface area contributed by atoms with Crippen LogP contribution in [0, 0.1) is 13.8 Å². The van der Waals surface area contributed by atoms with Gasteiger partial charge in [-0.3, -0.25) is 0 Å². The predicted octanol–water partition coefficient (Wildman–Crippen LogP) is 0.956. The van der Waals surface area contributed by atoms with E-state index < -0.39 is 9.84 Å². The molecule has 1 aliphatic heterocycles. The summed E-state index contributed by atoms with van der Waals surface area (Å²) in [4.78, 5) is 0. The summed E-state index contributed by atoms with van der Waals surface area (Å²) >= 11 is 0. The first-order chi connectivity index (χ1) is 6.98. The Morgan fingerprint density at radius 2 is 2.20 bits per heavy atom. The van der Waals surface area contributed by atoms with Crippen LogP contribution in [0.25, 0.3) is 0 Å². The van der Waals surface area contributed by atoms with E-state index in [-0.39, 0.29) is 17.5 Å². The van der Waals surface area contributed by atoms with Gasteiger partial charge in [-0.25, -0.2) is 8.42 Å². The summed E-state index contributed by atoms with van der Waals surface area (Å²) in [5.41, 5.74) is 0.968. The maximum Gasteiger partial charge on any atom is 0.153 e. The zero-order valence-corrected chi connectivity index (χ0v) is 9.73. The minimum Gasteiger partial charge on any atom is -0.466 e. The summed E-state index contributed by atoms with van der Waals surface area (Å²) in [5.74, 6) is 2.04. The van der Waals surface area contributed by atoms with Gasteiger partial charge in [0, 0.05) is 18.2 Å². The van der Waals surface area contributed by atoms with Crippen LogP contribution >= 0.6 is 0 Å². The molecule has 2 rings (SSSR count). The van der Waals surface area contributed by atoms with Gasteiger partial charge in [-0.15, -0.1) is 0 Å². The smallest absolute Gasteiger partial charge is 0.153 e. The van der Waals surface area contributed by atoms with E-state index in [0.717, 1.165) is 17.1 Å². The summed E-state index contributed by atoms with van der Waals surface area (Å²) in [6.07, 6.45) is 0. The zero-order chi connectivity index (χ0) is 11.1. The molecule has 84 valence electrons. The molecule has 1 aromatic rings. The number of nitrogens with one attached hydrogen (secondary N) is 1. The second kappa shape index (κ2) is 3.64. The molecule has 0 bridgehead atoms. The van der Waals surface area contributed by atoms with Crippen molar-refractivity contribution in [3.05, 3.63) is 23.2 Å². The molecule has 0 aromatic carbocycles. The molecule has 1 atom stereocenters. The van der Waals surface area contributed by atoms with Crippen molar-refractivity contribution in [1.82, 2.24) is 5.32 Å². The van der Waals surface area contributed by atoms with Crippen molar-refractivity contribution in [3.63, 3.8) is 0 Å². The third-order valence-electron chi connectivity index (χ3n) is 2.68. The minimum atomic E-state index is -2.89. The number of rotatable bonds is 1. The molecule has 15 heavy (non-hydrogen) atoms. The average Bonchev–Trinajstić information content (AvgIpc) is 2.43. The fourth-order valence-corrected chi connectivity index (χ4v) is 3.38. The third-order valence-corrected chi connectivity index (χ3v) is 4.35. The van der Waals surface area contributed by atoms with Crippen LogP contribution in [0.15, 0.2) is 10.5 Å². The van der Waals surface area contributed by atoms with E-state index in [1.54, 1.807) is 0 Å². The van der Waals surface area contributed by atoms with Crippen molar-refractivity contribution < 1.29 is 12.8 Å². The largest absolute Gasteiger partial charge is 0.466 e. The quantitative estimate of drug-likeness (QED) is 0.779. The molecule has 2 heterocycles. The number of hydrogen-bond acceptors (Lipinski definition) is 4. The summed E-state index contributed by atoms with van der Waals surface area (Å²) < 4.78 is 28.4. The van der Waals surface area contributed by atoms with Crippen LogP contribution in [0.4, 0.5) is 0 Å². The molecular weight excluding hydrogens is 214 g/mol. The van der Waals surface area contributed by atoms with Gasteiger partial charge in [-0.05, 0) is 19.9 Å². The number of furan rings is 1. The second-order valence-electron chi connectivity index (χ2n) is 3.99. The van der Waals surface area contributed by atoms with Gasteiger partial charge in [0.1, 0.15) is 11.5 Å². The molecule has 0 spiro atoms. The monoisotopic (exact) mass is 229 g/mol. The van der Waals surface area contributed by atoms with Gasteiger partial charge >= 0.3 is 0 Å². The standard InChI is InChI=1S/C10H15NO3S/c1-7-5-9(8(2)14-7)10-6-15(12,13)4-3-11-10/h5,10-11H,3-4,6H2,1-2H3/t10-/m0/s1. The van der Waals surface area contributed by atoms with Crippen molar-refractivity contribution in [2.24, 2.45) is 0 Å². The normalized spacial score (nSPS) is 25.3. The molecule has 0 saturated carbocycles. The van der Waals surface area contributed by atoms with Crippen LogP contribution in [-0.4, -0.2) is 26.5 Å². The van der Waals surface area contributed by atoms with Gasteiger partial charge in [0.25, 0.3) is 0 Å². The molecule has 1 fully saturated rings. The lowest BCUT2D eigenvalue weighted by Gasteiger charge is -2.23. The minimum absolute atomic E-state index is 0.110. The van der Waals surface area contributed by atoms with Crippen LogP contribution < -0.4 is 5.32 Å². The van der Waals surface area contributed by atoms with E-state index in [9.17, 15) is 8.42 Å². The number of aryl methyl sites for hydroxylation is 2. The Balaban J connectivity index is 2.28. The van der Waals surface area contributed by atoms with Gasteiger partial charge in [0.05, 0.1) is 11.5 Å². The predicted molar refractivity (Wildman–Crippen MR) is 57.6 cm³/mol. The highest BCUT2D eigenvalue weighted by Gasteiger charge is 2.27. The van der Waals surface area contributed by atoms with Crippen molar-refractivity contribution >= 4 is 9.84 Å². The van der Waals surface area contributed by atoms with Crippen LogP contribution in [0.1, 0.15) is 23.1 Å². The lowest BCUT2D eigenvalue weighted by molar-refractivity contribution is 0.486. The Labute approximate surface area is 89.6 Å². The van der Waals surface area contributed by atoms with Gasteiger partial charge in [-0.2, -0.15) is 0 Å². The Hall–Kier alpha value is -0.810. The highest BCUT2D eigenvalue weighted by Crippen LogP contribution is 2.24.